The highest BCUT2D eigenvalue weighted by Gasteiger charge is 2.29. The van der Waals surface area contributed by atoms with Gasteiger partial charge >= 0.3 is 0 Å². The summed E-state index contributed by atoms with van der Waals surface area (Å²) in [6, 6.07) is 8.10. The van der Waals surface area contributed by atoms with E-state index in [1.165, 1.54) is 5.56 Å². The van der Waals surface area contributed by atoms with Crippen LogP contribution in [0, 0.1) is 12.8 Å². The molecule has 1 aromatic rings. The lowest BCUT2D eigenvalue weighted by molar-refractivity contribution is -0.125. The number of nitrogens with one attached hydrogen (secondary N) is 1. The highest BCUT2D eigenvalue weighted by Crippen LogP contribution is 2.23. The molecule has 0 bridgehead atoms. The molecule has 0 aliphatic rings. The SMILES string of the molecule is Cc1ccc(C(C)(C)C(=O)NCC(C)CN)cc1.Cl. The van der Waals surface area contributed by atoms with Gasteiger partial charge in [0.15, 0.2) is 0 Å². The summed E-state index contributed by atoms with van der Waals surface area (Å²) in [5.41, 5.74) is 7.27. The molecule has 0 fully saturated rings. The van der Waals surface area contributed by atoms with Crippen LogP contribution in [0.2, 0.25) is 0 Å². The fraction of sp³-hybridized carbons (Fsp3) is 0.533. The highest BCUT2D eigenvalue weighted by molar-refractivity contribution is 5.87. The molecule has 1 rings (SSSR count). The topological polar surface area (TPSA) is 55.1 Å². The number of hydrogen-bond acceptors (Lipinski definition) is 2. The van der Waals surface area contributed by atoms with E-state index in [0.717, 1.165) is 5.56 Å². The number of nitrogens with two attached hydrogens (primary N) is 1. The summed E-state index contributed by atoms with van der Waals surface area (Å²) >= 11 is 0. The Hall–Kier alpha value is -1.06. The van der Waals surface area contributed by atoms with Crippen LogP contribution in [0.25, 0.3) is 0 Å². The van der Waals surface area contributed by atoms with Crippen molar-refractivity contribution in [3.05, 3.63) is 35.4 Å². The minimum Gasteiger partial charge on any atom is -0.355 e. The summed E-state index contributed by atoms with van der Waals surface area (Å²) in [5.74, 6) is 0.356. The maximum absolute atomic E-state index is 12.2. The molecule has 0 aliphatic carbocycles. The van der Waals surface area contributed by atoms with E-state index in [-0.39, 0.29) is 18.3 Å². The third-order valence-corrected chi connectivity index (χ3v) is 3.35. The zero-order valence-corrected chi connectivity index (χ0v) is 13.0. The van der Waals surface area contributed by atoms with Gasteiger partial charge in [-0.15, -0.1) is 12.4 Å². The van der Waals surface area contributed by atoms with Crippen LogP contribution >= 0.6 is 12.4 Å². The predicted molar refractivity (Wildman–Crippen MR) is 82.7 cm³/mol. The Kier molecular flexibility index (Phi) is 7.09. The summed E-state index contributed by atoms with van der Waals surface area (Å²) < 4.78 is 0. The second-order valence-electron chi connectivity index (χ2n) is 5.54. The van der Waals surface area contributed by atoms with Crippen molar-refractivity contribution in [1.82, 2.24) is 5.32 Å². The average Bonchev–Trinajstić information content (AvgIpc) is 2.35. The molecule has 0 radical (unpaired) electrons. The van der Waals surface area contributed by atoms with Gasteiger partial charge in [0.1, 0.15) is 0 Å². The van der Waals surface area contributed by atoms with Gasteiger partial charge in [0.25, 0.3) is 0 Å². The number of aryl methyl sites for hydroxylation is 1. The molecule has 3 nitrogen and oxygen atoms in total. The monoisotopic (exact) mass is 284 g/mol. The molecule has 108 valence electrons. The van der Waals surface area contributed by atoms with Crippen molar-refractivity contribution in [3.8, 4) is 0 Å². The maximum atomic E-state index is 12.2. The summed E-state index contributed by atoms with van der Waals surface area (Å²) in [4.78, 5) is 12.2. The van der Waals surface area contributed by atoms with E-state index in [9.17, 15) is 4.79 Å². The van der Waals surface area contributed by atoms with Crippen LogP contribution in [0.5, 0.6) is 0 Å². The Bertz CT molecular complexity index is 401. The first kappa shape index (κ1) is 17.9. The normalized spacial score (nSPS) is 12.5. The van der Waals surface area contributed by atoms with E-state index in [2.05, 4.69) is 5.32 Å². The van der Waals surface area contributed by atoms with E-state index >= 15 is 0 Å². The highest BCUT2D eigenvalue weighted by atomic mass is 35.5. The number of rotatable bonds is 5. The molecule has 0 heterocycles. The Morgan fingerprint density at radius 2 is 1.84 bits per heavy atom. The quantitative estimate of drug-likeness (QED) is 0.872. The molecule has 1 aromatic carbocycles. The van der Waals surface area contributed by atoms with Crippen LogP contribution in [0.1, 0.15) is 31.9 Å². The summed E-state index contributed by atoms with van der Waals surface area (Å²) in [7, 11) is 0. The number of benzene rings is 1. The molecule has 3 N–H and O–H groups in total. The lowest BCUT2D eigenvalue weighted by Crippen LogP contribution is -2.42. The average molecular weight is 285 g/mol. The first-order chi connectivity index (χ1) is 8.37. The van der Waals surface area contributed by atoms with Gasteiger partial charge in [0, 0.05) is 6.54 Å². The first-order valence-electron chi connectivity index (χ1n) is 6.43. The van der Waals surface area contributed by atoms with Crippen molar-refractivity contribution in [2.24, 2.45) is 11.7 Å². The fourth-order valence-corrected chi connectivity index (χ4v) is 1.67. The maximum Gasteiger partial charge on any atom is 0.230 e. The van der Waals surface area contributed by atoms with Crippen LogP contribution in [0.3, 0.4) is 0 Å². The van der Waals surface area contributed by atoms with Crippen molar-refractivity contribution in [2.75, 3.05) is 13.1 Å². The van der Waals surface area contributed by atoms with Crippen molar-refractivity contribution in [3.63, 3.8) is 0 Å². The number of carbonyl (C=O) groups is 1. The van der Waals surface area contributed by atoms with E-state index in [1.54, 1.807) is 0 Å². The lowest BCUT2D eigenvalue weighted by atomic mass is 9.83. The summed E-state index contributed by atoms with van der Waals surface area (Å²) in [6.45, 7) is 9.18. The van der Waals surface area contributed by atoms with E-state index in [4.69, 9.17) is 5.73 Å². The molecule has 4 heteroatoms. The van der Waals surface area contributed by atoms with Crippen molar-refractivity contribution < 1.29 is 4.79 Å². The fourth-order valence-electron chi connectivity index (χ4n) is 1.67. The van der Waals surface area contributed by atoms with Crippen LogP contribution in [0.15, 0.2) is 24.3 Å². The van der Waals surface area contributed by atoms with Crippen LogP contribution in [0.4, 0.5) is 0 Å². The van der Waals surface area contributed by atoms with Gasteiger partial charge in [-0.2, -0.15) is 0 Å². The van der Waals surface area contributed by atoms with Crippen molar-refractivity contribution in [2.45, 2.75) is 33.1 Å². The van der Waals surface area contributed by atoms with E-state index in [0.29, 0.717) is 19.0 Å². The Labute approximate surface area is 122 Å². The third kappa shape index (κ3) is 4.84. The summed E-state index contributed by atoms with van der Waals surface area (Å²) in [5, 5.41) is 2.97. The lowest BCUT2D eigenvalue weighted by Gasteiger charge is -2.25. The zero-order valence-electron chi connectivity index (χ0n) is 12.2. The number of halogens is 1. The Morgan fingerprint density at radius 3 is 2.32 bits per heavy atom. The van der Waals surface area contributed by atoms with Gasteiger partial charge in [-0.25, -0.2) is 0 Å². The van der Waals surface area contributed by atoms with E-state index in [1.807, 2.05) is 52.0 Å². The van der Waals surface area contributed by atoms with Crippen molar-refractivity contribution in [1.29, 1.82) is 0 Å². The minimum absolute atomic E-state index is 0. The number of carbonyl (C=O) groups excluding carboxylic acids is 1. The Morgan fingerprint density at radius 1 is 1.32 bits per heavy atom. The number of hydrogen-bond donors (Lipinski definition) is 2. The minimum atomic E-state index is -0.512. The predicted octanol–water partition coefficient (Wildman–Crippen LogP) is 2.41. The molecule has 1 unspecified atom stereocenters. The van der Waals surface area contributed by atoms with Gasteiger partial charge in [-0.3, -0.25) is 4.79 Å². The Balaban J connectivity index is 0.00000324. The smallest absolute Gasteiger partial charge is 0.230 e. The largest absolute Gasteiger partial charge is 0.355 e. The number of amides is 1. The summed E-state index contributed by atoms with van der Waals surface area (Å²) in [6.07, 6.45) is 0. The first-order valence-corrected chi connectivity index (χ1v) is 6.43. The van der Waals surface area contributed by atoms with Crippen LogP contribution in [-0.2, 0) is 10.2 Å². The molecule has 19 heavy (non-hydrogen) atoms. The standard InChI is InChI=1S/C15H24N2O.ClH/c1-11-5-7-13(8-6-11)15(3,4)14(18)17-10-12(2)9-16;/h5-8,12H,9-10,16H2,1-4H3,(H,17,18);1H. The second-order valence-corrected chi connectivity index (χ2v) is 5.54. The molecule has 0 spiro atoms. The molecule has 1 atom stereocenters. The second kappa shape index (κ2) is 7.51. The molecule has 0 aromatic heterocycles. The molecule has 0 aliphatic heterocycles. The molecule has 0 saturated heterocycles. The zero-order chi connectivity index (χ0) is 13.8. The van der Waals surface area contributed by atoms with Gasteiger partial charge in [0.2, 0.25) is 5.91 Å². The van der Waals surface area contributed by atoms with Crippen LogP contribution < -0.4 is 11.1 Å². The van der Waals surface area contributed by atoms with E-state index < -0.39 is 5.41 Å². The van der Waals surface area contributed by atoms with Crippen LogP contribution in [-0.4, -0.2) is 19.0 Å². The molecule has 1 amide bonds. The van der Waals surface area contributed by atoms with Gasteiger partial charge in [0.05, 0.1) is 5.41 Å². The molecular weight excluding hydrogens is 260 g/mol. The van der Waals surface area contributed by atoms with Crippen molar-refractivity contribution >= 4 is 18.3 Å². The molecular formula is C15H25ClN2O. The molecule has 0 saturated carbocycles. The third-order valence-electron chi connectivity index (χ3n) is 3.35. The van der Waals surface area contributed by atoms with Gasteiger partial charge < -0.3 is 11.1 Å². The van der Waals surface area contributed by atoms with Gasteiger partial charge in [-0.05, 0) is 38.8 Å². The van der Waals surface area contributed by atoms with Gasteiger partial charge in [-0.1, -0.05) is 36.8 Å².